The van der Waals surface area contributed by atoms with Crippen molar-refractivity contribution in [1.29, 1.82) is 0 Å². The van der Waals surface area contributed by atoms with Crippen LogP contribution in [0.15, 0.2) is 71.6 Å². The summed E-state index contributed by atoms with van der Waals surface area (Å²) < 4.78 is 30.4. The van der Waals surface area contributed by atoms with Gasteiger partial charge >= 0.3 is 5.97 Å². The number of methoxy groups -OCH3 is 1. The molecule has 0 atom stereocenters. The van der Waals surface area contributed by atoms with Gasteiger partial charge in [-0.3, -0.25) is 4.79 Å². The van der Waals surface area contributed by atoms with Gasteiger partial charge in [-0.1, -0.05) is 35.9 Å². The van der Waals surface area contributed by atoms with Crippen molar-refractivity contribution >= 4 is 38.7 Å². The number of rotatable bonds is 6. The SMILES string of the molecule is COC(=O)Cc1cc(-c2ccc(-c3cccc(S(C)(=O)=O)c3)s2)n(-c2ccccc2Cl)n1. The molecule has 4 aromatic rings. The van der Waals surface area contributed by atoms with Crippen LogP contribution in [0.3, 0.4) is 0 Å². The van der Waals surface area contributed by atoms with Crippen LogP contribution >= 0.6 is 22.9 Å². The molecule has 2 heterocycles. The van der Waals surface area contributed by atoms with Gasteiger partial charge in [0, 0.05) is 11.1 Å². The highest BCUT2D eigenvalue weighted by Crippen LogP contribution is 2.37. The number of nitrogens with zero attached hydrogens (tertiary/aromatic N) is 2. The number of carbonyl (C=O) groups is 1. The van der Waals surface area contributed by atoms with Crippen LogP contribution < -0.4 is 0 Å². The highest BCUT2D eigenvalue weighted by Gasteiger charge is 2.18. The molecular formula is C23H19ClN2O4S2. The van der Waals surface area contributed by atoms with E-state index in [4.69, 9.17) is 16.3 Å². The molecule has 0 spiro atoms. The molecule has 9 heteroatoms. The Morgan fingerprint density at radius 2 is 1.81 bits per heavy atom. The lowest BCUT2D eigenvalue weighted by Crippen LogP contribution is -2.06. The van der Waals surface area contributed by atoms with Crippen LogP contribution in [0, 0.1) is 0 Å². The number of sulfone groups is 1. The Balaban J connectivity index is 1.80. The second kappa shape index (κ2) is 8.90. The summed E-state index contributed by atoms with van der Waals surface area (Å²) in [7, 11) is -1.97. The Morgan fingerprint density at radius 3 is 2.53 bits per heavy atom. The molecule has 0 fully saturated rings. The van der Waals surface area contributed by atoms with Crippen molar-refractivity contribution in [3.63, 3.8) is 0 Å². The molecule has 0 aliphatic heterocycles. The first-order chi connectivity index (χ1) is 15.3. The molecule has 0 unspecified atom stereocenters. The Kier molecular flexibility index (Phi) is 6.19. The van der Waals surface area contributed by atoms with Gasteiger partial charge in [0.15, 0.2) is 9.84 Å². The van der Waals surface area contributed by atoms with E-state index in [0.717, 1.165) is 21.0 Å². The molecule has 4 rings (SSSR count). The van der Waals surface area contributed by atoms with Crippen LogP contribution in [0.2, 0.25) is 5.02 Å². The minimum Gasteiger partial charge on any atom is -0.469 e. The molecular weight excluding hydrogens is 468 g/mol. The van der Waals surface area contributed by atoms with Gasteiger partial charge in [0.2, 0.25) is 0 Å². The third-order valence-corrected chi connectivity index (χ3v) is 7.39. The van der Waals surface area contributed by atoms with Gasteiger partial charge in [-0.2, -0.15) is 5.10 Å². The predicted molar refractivity (Wildman–Crippen MR) is 126 cm³/mol. The number of benzene rings is 2. The van der Waals surface area contributed by atoms with Crippen molar-refractivity contribution in [2.75, 3.05) is 13.4 Å². The van der Waals surface area contributed by atoms with E-state index in [-0.39, 0.29) is 17.3 Å². The van der Waals surface area contributed by atoms with E-state index >= 15 is 0 Å². The van der Waals surface area contributed by atoms with Crippen LogP contribution in [-0.2, 0) is 25.8 Å². The third kappa shape index (κ3) is 4.62. The van der Waals surface area contributed by atoms with Gasteiger partial charge in [-0.15, -0.1) is 11.3 Å². The summed E-state index contributed by atoms with van der Waals surface area (Å²) in [5.41, 5.74) is 2.82. The summed E-state index contributed by atoms with van der Waals surface area (Å²) in [5.74, 6) is -0.384. The van der Waals surface area contributed by atoms with Gasteiger partial charge in [0.1, 0.15) is 0 Å². The number of aromatic nitrogens is 2. The van der Waals surface area contributed by atoms with Crippen LogP contribution in [0.4, 0.5) is 0 Å². The lowest BCUT2D eigenvalue weighted by atomic mass is 10.2. The molecule has 2 aromatic heterocycles. The predicted octanol–water partition coefficient (Wildman–Crippen LogP) is 5.04. The molecule has 0 bridgehead atoms. The monoisotopic (exact) mass is 486 g/mol. The fourth-order valence-electron chi connectivity index (χ4n) is 3.23. The smallest absolute Gasteiger partial charge is 0.311 e. The zero-order valence-corrected chi connectivity index (χ0v) is 19.7. The summed E-state index contributed by atoms with van der Waals surface area (Å²) in [6.07, 6.45) is 1.23. The number of para-hydroxylation sites is 1. The lowest BCUT2D eigenvalue weighted by molar-refractivity contribution is -0.139. The standard InChI is InChI=1S/C23H19ClN2O4S2/c1-30-23(27)14-16-13-20(26(25-16)19-9-4-3-8-18(19)24)22-11-10-21(31-22)15-6-5-7-17(12-15)32(2,28)29/h3-13H,14H2,1-2H3. The van der Waals surface area contributed by atoms with Gasteiger partial charge < -0.3 is 4.74 Å². The van der Waals surface area contributed by atoms with Crippen molar-refractivity contribution in [3.05, 3.63) is 77.4 Å². The molecule has 164 valence electrons. The summed E-state index contributed by atoms with van der Waals surface area (Å²) in [6.45, 7) is 0. The molecule has 0 N–H and O–H groups in total. The fourth-order valence-corrected chi connectivity index (χ4v) is 5.12. The maximum atomic E-state index is 11.9. The zero-order chi connectivity index (χ0) is 22.9. The Morgan fingerprint density at radius 1 is 1.06 bits per heavy atom. The van der Waals surface area contributed by atoms with E-state index in [0.29, 0.717) is 16.4 Å². The number of carbonyl (C=O) groups excluding carboxylic acids is 1. The number of esters is 1. The van der Waals surface area contributed by atoms with Gasteiger partial charge in [0.25, 0.3) is 0 Å². The van der Waals surface area contributed by atoms with Crippen molar-refractivity contribution in [2.24, 2.45) is 0 Å². The van der Waals surface area contributed by atoms with E-state index < -0.39 is 9.84 Å². The third-order valence-electron chi connectivity index (χ3n) is 4.80. The van der Waals surface area contributed by atoms with E-state index in [9.17, 15) is 13.2 Å². The largest absolute Gasteiger partial charge is 0.469 e. The summed E-state index contributed by atoms with van der Waals surface area (Å²) >= 11 is 7.91. The van der Waals surface area contributed by atoms with Crippen molar-refractivity contribution in [2.45, 2.75) is 11.3 Å². The zero-order valence-electron chi connectivity index (χ0n) is 17.3. The first-order valence-electron chi connectivity index (χ1n) is 9.57. The van der Waals surface area contributed by atoms with E-state index in [1.807, 2.05) is 42.5 Å². The quantitative estimate of drug-likeness (QED) is 0.357. The number of thiophene rings is 1. The van der Waals surface area contributed by atoms with Gasteiger partial charge in [0.05, 0.1) is 45.4 Å². The number of hydrogen-bond acceptors (Lipinski definition) is 6. The van der Waals surface area contributed by atoms with E-state index in [2.05, 4.69) is 5.10 Å². The minimum atomic E-state index is -3.30. The maximum Gasteiger partial charge on any atom is 0.311 e. The normalized spacial score (nSPS) is 11.5. The summed E-state index contributed by atoms with van der Waals surface area (Å²) in [4.78, 5) is 13.9. The molecule has 0 aliphatic rings. The molecule has 0 saturated heterocycles. The fraction of sp³-hybridized carbons (Fsp3) is 0.130. The first-order valence-corrected chi connectivity index (χ1v) is 12.7. The number of ether oxygens (including phenoxy) is 1. The van der Waals surface area contributed by atoms with Crippen LogP contribution in [0.25, 0.3) is 26.7 Å². The van der Waals surface area contributed by atoms with Crippen molar-refractivity contribution in [1.82, 2.24) is 9.78 Å². The average molecular weight is 487 g/mol. The Hall–Kier alpha value is -2.94. The van der Waals surface area contributed by atoms with Crippen molar-refractivity contribution < 1.29 is 17.9 Å². The van der Waals surface area contributed by atoms with Crippen LogP contribution in [0.5, 0.6) is 0 Å². The molecule has 32 heavy (non-hydrogen) atoms. The van der Waals surface area contributed by atoms with Gasteiger partial charge in [-0.05, 0) is 48.0 Å². The number of halogens is 1. The lowest BCUT2D eigenvalue weighted by Gasteiger charge is -2.08. The van der Waals surface area contributed by atoms with Crippen LogP contribution in [0.1, 0.15) is 5.69 Å². The summed E-state index contributed by atoms with van der Waals surface area (Å²) in [6, 6.07) is 19.9. The van der Waals surface area contributed by atoms with E-state index in [1.165, 1.54) is 24.7 Å². The summed E-state index contributed by atoms with van der Waals surface area (Å²) in [5, 5.41) is 5.12. The van der Waals surface area contributed by atoms with Gasteiger partial charge in [-0.25, -0.2) is 13.1 Å². The Bertz CT molecular complexity index is 1410. The molecule has 6 nitrogen and oxygen atoms in total. The second-order valence-electron chi connectivity index (χ2n) is 7.10. The molecule has 0 aliphatic carbocycles. The molecule has 2 aromatic carbocycles. The molecule has 0 saturated carbocycles. The minimum absolute atomic E-state index is 0.0373. The molecule has 0 radical (unpaired) electrons. The maximum absolute atomic E-state index is 11.9. The molecule has 0 amide bonds. The first kappa shape index (κ1) is 22.3. The van der Waals surface area contributed by atoms with E-state index in [1.54, 1.807) is 28.9 Å². The highest BCUT2D eigenvalue weighted by atomic mass is 35.5. The topological polar surface area (TPSA) is 78.3 Å². The second-order valence-corrected chi connectivity index (χ2v) is 10.6. The Labute approximate surface area is 195 Å². The average Bonchev–Trinajstić information content (AvgIpc) is 3.41. The van der Waals surface area contributed by atoms with Crippen LogP contribution in [-0.4, -0.2) is 37.5 Å². The highest BCUT2D eigenvalue weighted by molar-refractivity contribution is 7.90. The van der Waals surface area contributed by atoms with Crippen molar-refractivity contribution in [3.8, 4) is 26.7 Å². The number of hydrogen-bond donors (Lipinski definition) is 0.